The molecule has 1 N–H and O–H groups in total. The van der Waals surface area contributed by atoms with Crippen LogP contribution in [0.15, 0.2) is 173 Å². The van der Waals surface area contributed by atoms with Crippen molar-refractivity contribution in [2.75, 3.05) is 0 Å². The lowest BCUT2D eigenvalue weighted by molar-refractivity contribution is 0.636. The van der Waals surface area contributed by atoms with Gasteiger partial charge in [-0.1, -0.05) is 121 Å². The molecule has 0 saturated carbocycles. The molecule has 0 bridgehead atoms. The summed E-state index contributed by atoms with van der Waals surface area (Å²) in [6.07, 6.45) is -0.287. The SMILES string of the molecule is c1ccc(-c2ccc(C3=c4ccccc4=NC(c4cccc5oc6cc(-n7c8ccccc8c8ccccc87)ccc6c45)N3)cc2)cc1. The summed E-state index contributed by atoms with van der Waals surface area (Å²) in [4.78, 5) is 5.24. The van der Waals surface area contributed by atoms with Crippen LogP contribution in [0, 0.1) is 0 Å². The van der Waals surface area contributed by atoms with Crippen LogP contribution in [0.1, 0.15) is 17.3 Å². The zero-order valence-electron chi connectivity index (χ0n) is 26.0. The van der Waals surface area contributed by atoms with Gasteiger partial charge in [-0.3, -0.25) is 4.99 Å². The van der Waals surface area contributed by atoms with Gasteiger partial charge in [-0.15, -0.1) is 0 Å². The Hall–Kier alpha value is -6.39. The lowest BCUT2D eigenvalue weighted by Crippen LogP contribution is -2.39. The fourth-order valence-corrected chi connectivity index (χ4v) is 7.44. The van der Waals surface area contributed by atoms with Gasteiger partial charge in [0, 0.05) is 44.1 Å². The molecule has 7 aromatic carbocycles. The highest BCUT2D eigenvalue weighted by atomic mass is 16.3. The normalized spacial score (nSPS) is 14.3. The van der Waals surface area contributed by atoms with Crippen LogP contribution < -0.4 is 15.9 Å². The molecule has 0 amide bonds. The number of hydrogen-bond acceptors (Lipinski definition) is 3. The summed E-state index contributed by atoms with van der Waals surface area (Å²) in [6.45, 7) is 0. The largest absolute Gasteiger partial charge is 0.456 e. The van der Waals surface area contributed by atoms with E-state index in [0.29, 0.717) is 0 Å². The summed E-state index contributed by atoms with van der Waals surface area (Å²) >= 11 is 0. The van der Waals surface area contributed by atoms with E-state index >= 15 is 0 Å². The molecule has 2 aromatic heterocycles. The number of hydrogen-bond donors (Lipinski definition) is 1. The highest BCUT2D eigenvalue weighted by molar-refractivity contribution is 6.10. The third kappa shape index (κ3) is 4.13. The first-order valence-corrected chi connectivity index (χ1v) is 16.3. The van der Waals surface area contributed by atoms with Crippen LogP contribution in [0.5, 0.6) is 0 Å². The highest BCUT2D eigenvalue weighted by Gasteiger charge is 2.23. The number of nitrogens with zero attached hydrogens (tertiary/aromatic N) is 2. The topological polar surface area (TPSA) is 42.5 Å². The quantitative estimate of drug-likeness (QED) is 0.214. The first-order chi connectivity index (χ1) is 23.8. The Kier molecular flexibility index (Phi) is 5.90. The Labute approximate surface area is 276 Å². The molecule has 4 heteroatoms. The molecule has 226 valence electrons. The van der Waals surface area contributed by atoms with E-state index in [-0.39, 0.29) is 6.17 Å². The molecule has 4 nitrogen and oxygen atoms in total. The second kappa shape index (κ2) is 10.6. The fraction of sp³-hybridized carbons (Fsp3) is 0.0227. The van der Waals surface area contributed by atoms with Crippen molar-refractivity contribution in [2.24, 2.45) is 4.99 Å². The first kappa shape index (κ1) is 26.8. The molecule has 1 unspecified atom stereocenters. The smallest absolute Gasteiger partial charge is 0.146 e. The zero-order chi connectivity index (χ0) is 31.6. The van der Waals surface area contributed by atoms with Crippen molar-refractivity contribution in [1.29, 1.82) is 0 Å². The third-order valence-electron chi connectivity index (χ3n) is 9.65. The molecule has 0 radical (unpaired) electrons. The standard InChI is InChI=1S/C44H29N3O/c1-2-11-28(12-3-1)29-21-23-30(24-22-29)43-34-15-4-7-17-37(34)45-44(46-43)36-16-10-20-40-42(36)35-26-25-31(27-41(35)48-40)47-38-18-8-5-13-32(38)33-14-6-9-19-39(33)47/h1-27,44,46H. The average molecular weight is 616 g/mol. The van der Waals surface area contributed by atoms with Gasteiger partial charge in [0.15, 0.2) is 0 Å². The van der Waals surface area contributed by atoms with Gasteiger partial charge in [0.2, 0.25) is 0 Å². The predicted molar refractivity (Wildman–Crippen MR) is 196 cm³/mol. The number of fused-ring (bicyclic) bond motifs is 7. The van der Waals surface area contributed by atoms with Crippen LogP contribution in [0.25, 0.3) is 66.3 Å². The van der Waals surface area contributed by atoms with Crippen LogP contribution in [-0.4, -0.2) is 4.57 Å². The van der Waals surface area contributed by atoms with E-state index < -0.39 is 0 Å². The van der Waals surface area contributed by atoms with Gasteiger partial charge in [0.05, 0.1) is 22.1 Å². The van der Waals surface area contributed by atoms with Crippen LogP contribution in [0.4, 0.5) is 0 Å². The van der Waals surface area contributed by atoms with Crippen molar-refractivity contribution in [3.8, 4) is 16.8 Å². The Balaban J connectivity index is 1.10. The molecule has 0 aliphatic carbocycles. The van der Waals surface area contributed by atoms with E-state index in [1.807, 2.05) is 0 Å². The molecular formula is C44H29N3O. The van der Waals surface area contributed by atoms with Crippen LogP contribution >= 0.6 is 0 Å². The van der Waals surface area contributed by atoms with Crippen LogP contribution in [-0.2, 0) is 0 Å². The van der Waals surface area contributed by atoms with Gasteiger partial charge in [-0.05, 0) is 53.1 Å². The Morgan fingerprint density at radius 3 is 1.98 bits per heavy atom. The number of benzene rings is 7. The van der Waals surface area contributed by atoms with Gasteiger partial charge in [0.25, 0.3) is 0 Å². The minimum Gasteiger partial charge on any atom is -0.456 e. The van der Waals surface area contributed by atoms with E-state index in [1.54, 1.807) is 0 Å². The number of furan rings is 1. The summed E-state index contributed by atoms with van der Waals surface area (Å²) in [6, 6.07) is 57.7. The van der Waals surface area contributed by atoms with Crippen molar-refractivity contribution >= 4 is 49.4 Å². The summed E-state index contributed by atoms with van der Waals surface area (Å²) in [5.74, 6) is 0. The van der Waals surface area contributed by atoms with E-state index in [4.69, 9.17) is 9.41 Å². The molecule has 1 aliphatic heterocycles. The molecule has 48 heavy (non-hydrogen) atoms. The summed E-state index contributed by atoms with van der Waals surface area (Å²) in [5, 5.41) is 10.5. The Morgan fingerprint density at radius 2 is 1.19 bits per heavy atom. The number of para-hydroxylation sites is 3. The third-order valence-corrected chi connectivity index (χ3v) is 9.65. The molecule has 1 atom stereocenters. The molecule has 3 heterocycles. The van der Waals surface area contributed by atoms with Crippen molar-refractivity contribution in [3.63, 3.8) is 0 Å². The fourth-order valence-electron chi connectivity index (χ4n) is 7.44. The van der Waals surface area contributed by atoms with E-state index in [1.165, 1.54) is 32.9 Å². The molecule has 0 saturated heterocycles. The lowest BCUT2D eigenvalue weighted by Gasteiger charge is -2.23. The molecule has 10 rings (SSSR count). The second-order valence-electron chi connectivity index (χ2n) is 12.4. The van der Waals surface area contributed by atoms with Crippen molar-refractivity contribution in [1.82, 2.24) is 9.88 Å². The van der Waals surface area contributed by atoms with Gasteiger partial charge in [-0.2, -0.15) is 0 Å². The average Bonchev–Trinajstić information content (AvgIpc) is 3.70. The predicted octanol–water partition coefficient (Wildman–Crippen LogP) is 9.43. The number of aromatic nitrogens is 1. The van der Waals surface area contributed by atoms with Gasteiger partial charge in [-0.25, -0.2) is 0 Å². The zero-order valence-corrected chi connectivity index (χ0v) is 26.0. The van der Waals surface area contributed by atoms with E-state index in [0.717, 1.165) is 55.0 Å². The second-order valence-corrected chi connectivity index (χ2v) is 12.4. The van der Waals surface area contributed by atoms with Crippen molar-refractivity contribution < 1.29 is 4.42 Å². The Bertz CT molecular complexity index is 2760. The van der Waals surface area contributed by atoms with Gasteiger partial charge in [0.1, 0.15) is 17.3 Å². The summed E-state index contributed by atoms with van der Waals surface area (Å²) in [5.41, 5.74) is 10.8. The molecular weight excluding hydrogens is 587 g/mol. The minimum atomic E-state index is -0.287. The van der Waals surface area contributed by atoms with Crippen LogP contribution in [0.2, 0.25) is 0 Å². The molecule has 0 fully saturated rings. The number of rotatable bonds is 4. The lowest BCUT2D eigenvalue weighted by atomic mass is 9.99. The number of nitrogens with one attached hydrogen (secondary N) is 1. The molecule has 0 spiro atoms. The summed E-state index contributed by atoms with van der Waals surface area (Å²) < 4.78 is 8.92. The minimum absolute atomic E-state index is 0.287. The maximum atomic E-state index is 6.59. The van der Waals surface area contributed by atoms with E-state index in [9.17, 15) is 0 Å². The molecule has 9 aromatic rings. The van der Waals surface area contributed by atoms with E-state index in [2.05, 4.69) is 174 Å². The van der Waals surface area contributed by atoms with Gasteiger partial charge < -0.3 is 14.3 Å². The van der Waals surface area contributed by atoms with Crippen molar-refractivity contribution in [2.45, 2.75) is 6.17 Å². The summed E-state index contributed by atoms with van der Waals surface area (Å²) in [7, 11) is 0. The maximum absolute atomic E-state index is 6.59. The first-order valence-electron chi connectivity index (χ1n) is 16.3. The molecule has 1 aliphatic rings. The monoisotopic (exact) mass is 615 g/mol. The van der Waals surface area contributed by atoms with Gasteiger partial charge >= 0.3 is 0 Å². The van der Waals surface area contributed by atoms with Crippen LogP contribution in [0.3, 0.4) is 0 Å². The Morgan fingerprint density at radius 1 is 0.521 bits per heavy atom. The maximum Gasteiger partial charge on any atom is 0.146 e. The highest BCUT2D eigenvalue weighted by Crippen LogP contribution is 2.38. The van der Waals surface area contributed by atoms with Crippen molar-refractivity contribution in [3.05, 3.63) is 185 Å².